The minimum Gasteiger partial charge on any atom is -0.497 e. The van der Waals surface area contributed by atoms with Crippen LogP contribution in [0.25, 0.3) is 10.6 Å². The van der Waals surface area contributed by atoms with E-state index in [4.69, 9.17) is 4.74 Å². The quantitative estimate of drug-likeness (QED) is 0.668. The first-order valence-corrected chi connectivity index (χ1v) is 9.97. The van der Waals surface area contributed by atoms with Crippen molar-refractivity contribution in [3.05, 3.63) is 57.7 Å². The van der Waals surface area contributed by atoms with Crippen LogP contribution in [0.2, 0.25) is 0 Å². The summed E-state index contributed by atoms with van der Waals surface area (Å²) in [4.78, 5) is 19.0. The van der Waals surface area contributed by atoms with E-state index in [0.29, 0.717) is 12.2 Å². The molecule has 3 rings (SSSR count). The molecule has 0 spiro atoms. The van der Waals surface area contributed by atoms with Crippen LogP contribution < -0.4 is 10.1 Å². The Balaban J connectivity index is 1.68. The van der Waals surface area contributed by atoms with Crippen molar-refractivity contribution in [2.45, 2.75) is 6.04 Å². The van der Waals surface area contributed by atoms with Gasteiger partial charge in [0.15, 0.2) is 0 Å². The lowest BCUT2D eigenvalue weighted by Crippen LogP contribution is -2.34. The Labute approximate surface area is 161 Å². The summed E-state index contributed by atoms with van der Waals surface area (Å²) in [7, 11) is 5.64. The molecule has 136 valence electrons. The number of aromatic nitrogens is 1. The van der Waals surface area contributed by atoms with E-state index in [1.165, 1.54) is 11.3 Å². The summed E-state index contributed by atoms with van der Waals surface area (Å²) in [5.41, 5.74) is 2.60. The molecule has 2 heterocycles. The second-order valence-corrected chi connectivity index (χ2v) is 7.65. The van der Waals surface area contributed by atoms with Crippen LogP contribution in [0, 0.1) is 0 Å². The molecule has 0 aliphatic carbocycles. The Kier molecular flexibility index (Phi) is 6.03. The number of thiophene rings is 1. The van der Waals surface area contributed by atoms with Crippen molar-refractivity contribution >= 4 is 28.6 Å². The SMILES string of the molecule is COc1cccc(C(CNC(=O)c2csc(-c3ccsc3)n2)N(C)C)c1. The molecule has 1 atom stereocenters. The summed E-state index contributed by atoms with van der Waals surface area (Å²) in [5, 5.41) is 9.71. The monoisotopic (exact) mass is 387 g/mol. The van der Waals surface area contributed by atoms with Crippen molar-refractivity contribution in [2.24, 2.45) is 0 Å². The number of carbonyl (C=O) groups is 1. The zero-order chi connectivity index (χ0) is 18.5. The minimum absolute atomic E-state index is 0.0454. The number of amides is 1. The number of methoxy groups -OCH3 is 1. The number of rotatable bonds is 7. The molecule has 0 saturated carbocycles. The second-order valence-electron chi connectivity index (χ2n) is 6.02. The molecule has 0 aliphatic rings. The van der Waals surface area contributed by atoms with Crippen molar-refractivity contribution in [2.75, 3.05) is 27.7 Å². The van der Waals surface area contributed by atoms with Gasteiger partial charge in [0.2, 0.25) is 0 Å². The summed E-state index contributed by atoms with van der Waals surface area (Å²) < 4.78 is 5.30. The molecule has 1 unspecified atom stereocenters. The van der Waals surface area contributed by atoms with Crippen LogP contribution in [0.4, 0.5) is 0 Å². The summed E-state index contributed by atoms with van der Waals surface area (Å²) in [6.07, 6.45) is 0. The number of nitrogens with one attached hydrogen (secondary N) is 1. The zero-order valence-corrected chi connectivity index (χ0v) is 16.6. The van der Waals surface area contributed by atoms with Crippen LogP contribution in [0.5, 0.6) is 5.75 Å². The molecule has 7 heteroatoms. The van der Waals surface area contributed by atoms with Gasteiger partial charge in [-0.05, 0) is 43.2 Å². The highest BCUT2D eigenvalue weighted by atomic mass is 32.1. The van der Waals surface area contributed by atoms with Crippen LogP contribution in [-0.2, 0) is 0 Å². The standard InChI is InChI=1S/C19H21N3O2S2/c1-22(2)17(13-5-4-6-15(9-13)24-3)10-20-18(23)16-12-26-19(21-16)14-7-8-25-11-14/h4-9,11-12,17H,10H2,1-3H3,(H,20,23). The predicted molar refractivity (Wildman–Crippen MR) is 107 cm³/mol. The lowest BCUT2D eigenvalue weighted by molar-refractivity contribution is 0.0937. The molecule has 2 aromatic heterocycles. The van der Waals surface area contributed by atoms with Gasteiger partial charge in [0, 0.05) is 22.9 Å². The average Bonchev–Trinajstić information content (AvgIpc) is 3.33. The molecule has 0 aliphatic heterocycles. The Morgan fingerprint density at radius 2 is 2.15 bits per heavy atom. The van der Waals surface area contributed by atoms with Crippen LogP contribution in [0.15, 0.2) is 46.5 Å². The zero-order valence-electron chi connectivity index (χ0n) is 14.9. The molecule has 3 aromatic rings. The number of benzene rings is 1. The van der Waals surface area contributed by atoms with Gasteiger partial charge < -0.3 is 15.0 Å². The number of hydrogen-bond acceptors (Lipinski definition) is 6. The normalized spacial score (nSPS) is 12.2. The van der Waals surface area contributed by atoms with E-state index >= 15 is 0 Å². The lowest BCUT2D eigenvalue weighted by Gasteiger charge is -2.25. The highest BCUT2D eigenvalue weighted by molar-refractivity contribution is 7.14. The topological polar surface area (TPSA) is 54.5 Å². The molecule has 0 fully saturated rings. The molecule has 5 nitrogen and oxygen atoms in total. The largest absolute Gasteiger partial charge is 0.497 e. The Hall–Kier alpha value is -2.22. The van der Waals surface area contributed by atoms with E-state index in [1.807, 2.05) is 55.2 Å². The molecule has 1 aromatic carbocycles. The van der Waals surface area contributed by atoms with Crippen LogP contribution in [-0.4, -0.2) is 43.5 Å². The third kappa shape index (κ3) is 4.30. The predicted octanol–water partition coefficient (Wildman–Crippen LogP) is 3.91. The fourth-order valence-electron chi connectivity index (χ4n) is 2.62. The Bertz CT molecular complexity index is 859. The van der Waals surface area contributed by atoms with E-state index in [9.17, 15) is 4.79 Å². The maximum absolute atomic E-state index is 12.5. The number of nitrogens with zero attached hydrogens (tertiary/aromatic N) is 2. The van der Waals surface area contributed by atoms with Crippen molar-refractivity contribution < 1.29 is 9.53 Å². The highest BCUT2D eigenvalue weighted by Gasteiger charge is 2.18. The van der Waals surface area contributed by atoms with Gasteiger partial charge in [-0.2, -0.15) is 11.3 Å². The fraction of sp³-hybridized carbons (Fsp3) is 0.263. The van der Waals surface area contributed by atoms with Gasteiger partial charge in [0.05, 0.1) is 13.2 Å². The summed E-state index contributed by atoms with van der Waals surface area (Å²) in [6.45, 7) is 0.490. The third-order valence-electron chi connectivity index (χ3n) is 4.06. The van der Waals surface area contributed by atoms with E-state index < -0.39 is 0 Å². The van der Waals surface area contributed by atoms with E-state index in [2.05, 4.69) is 15.2 Å². The molecule has 1 amide bonds. The molecule has 0 saturated heterocycles. The van der Waals surface area contributed by atoms with Gasteiger partial charge in [0.25, 0.3) is 5.91 Å². The van der Waals surface area contributed by atoms with Gasteiger partial charge in [-0.3, -0.25) is 4.79 Å². The van der Waals surface area contributed by atoms with Gasteiger partial charge >= 0.3 is 0 Å². The Morgan fingerprint density at radius 1 is 1.31 bits per heavy atom. The first kappa shape index (κ1) is 18.6. The van der Waals surface area contributed by atoms with Crippen molar-refractivity contribution in [1.29, 1.82) is 0 Å². The first-order chi connectivity index (χ1) is 12.6. The number of hydrogen-bond donors (Lipinski definition) is 1. The van der Waals surface area contributed by atoms with Gasteiger partial charge in [0.1, 0.15) is 16.5 Å². The van der Waals surface area contributed by atoms with Gasteiger partial charge in [-0.15, -0.1) is 11.3 Å². The number of thiazole rings is 1. The third-order valence-corrected chi connectivity index (χ3v) is 5.64. The maximum Gasteiger partial charge on any atom is 0.270 e. The first-order valence-electron chi connectivity index (χ1n) is 8.15. The highest BCUT2D eigenvalue weighted by Crippen LogP contribution is 2.26. The van der Waals surface area contributed by atoms with Crippen molar-refractivity contribution in [1.82, 2.24) is 15.2 Å². The van der Waals surface area contributed by atoms with E-state index in [0.717, 1.165) is 21.9 Å². The van der Waals surface area contributed by atoms with Gasteiger partial charge in [-0.25, -0.2) is 4.98 Å². The van der Waals surface area contributed by atoms with E-state index in [1.54, 1.807) is 23.8 Å². The van der Waals surface area contributed by atoms with Crippen LogP contribution in [0.3, 0.4) is 0 Å². The lowest BCUT2D eigenvalue weighted by atomic mass is 10.1. The number of likely N-dealkylation sites (N-methyl/N-ethyl adjacent to an activating group) is 1. The molecule has 1 N–H and O–H groups in total. The summed E-state index contributed by atoms with van der Waals surface area (Å²) in [5.74, 6) is 0.651. The van der Waals surface area contributed by atoms with Crippen molar-refractivity contribution in [3.63, 3.8) is 0 Å². The smallest absolute Gasteiger partial charge is 0.270 e. The average molecular weight is 388 g/mol. The number of carbonyl (C=O) groups excluding carboxylic acids is 1. The number of ether oxygens (including phenoxy) is 1. The molecular weight excluding hydrogens is 366 g/mol. The Morgan fingerprint density at radius 3 is 2.85 bits per heavy atom. The summed E-state index contributed by atoms with van der Waals surface area (Å²) in [6, 6.07) is 9.96. The van der Waals surface area contributed by atoms with Gasteiger partial charge in [-0.1, -0.05) is 12.1 Å². The van der Waals surface area contributed by atoms with Crippen molar-refractivity contribution in [3.8, 4) is 16.3 Å². The molecular formula is C19H21N3O2S2. The fourth-order valence-corrected chi connectivity index (χ4v) is 4.14. The second kappa shape index (κ2) is 8.44. The minimum atomic E-state index is -0.155. The van der Waals surface area contributed by atoms with E-state index in [-0.39, 0.29) is 11.9 Å². The maximum atomic E-state index is 12.5. The molecule has 0 radical (unpaired) electrons. The molecule has 26 heavy (non-hydrogen) atoms. The van der Waals surface area contributed by atoms with Crippen LogP contribution >= 0.6 is 22.7 Å². The summed E-state index contributed by atoms with van der Waals surface area (Å²) >= 11 is 3.11. The van der Waals surface area contributed by atoms with Crippen LogP contribution in [0.1, 0.15) is 22.1 Å². The molecule has 0 bridgehead atoms.